The highest BCUT2D eigenvalue weighted by atomic mass is 32.2. The molecule has 4 aromatic rings. The van der Waals surface area contributed by atoms with E-state index in [1.165, 1.54) is 49.3 Å². The first-order chi connectivity index (χ1) is 21.4. The Hall–Kier alpha value is -4.91. The first-order valence-corrected chi connectivity index (χ1v) is 16.0. The SMILES string of the molecule is CCS(=O)(=O)c1ccc(NC(=O)O)cc1[C@H]1CCCN1C(=O)[C@@H](Nc1ccc2c(N)nccc2c1)c1cc(OC)c(C)cc1F. The van der Waals surface area contributed by atoms with Crippen LogP contribution in [-0.2, 0) is 14.6 Å². The minimum atomic E-state index is -3.75. The summed E-state index contributed by atoms with van der Waals surface area (Å²) in [5.41, 5.74) is 7.60. The van der Waals surface area contributed by atoms with Crippen LogP contribution in [0.1, 0.15) is 48.5 Å². The van der Waals surface area contributed by atoms with Crippen molar-refractivity contribution in [1.29, 1.82) is 0 Å². The fourth-order valence-corrected chi connectivity index (χ4v) is 6.95. The highest BCUT2D eigenvalue weighted by Gasteiger charge is 2.38. The first-order valence-electron chi connectivity index (χ1n) is 14.4. The highest BCUT2D eigenvalue weighted by molar-refractivity contribution is 7.91. The number of fused-ring (bicyclic) bond motifs is 1. The summed E-state index contributed by atoms with van der Waals surface area (Å²) >= 11 is 0. The van der Waals surface area contributed by atoms with Gasteiger partial charge in [0, 0.05) is 35.1 Å². The molecule has 0 aliphatic carbocycles. The lowest BCUT2D eigenvalue weighted by Crippen LogP contribution is -2.38. The number of nitrogens with zero attached hydrogens (tertiary/aromatic N) is 2. The number of nitrogens with two attached hydrogens (primary N) is 1. The number of halogens is 1. The first kappa shape index (κ1) is 31.5. The number of carbonyl (C=O) groups excluding carboxylic acids is 1. The molecule has 1 aromatic heterocycles. The molecule has 0 bridgehead atoms. The number of carboxylic acid groups (broad SMARTS) is 1. The fourth-order valence-electron chi connectivity index (χ4n) is 5.81. The molecule has 0 radical (unpaired) electrons. The number of aryl methyl sites for hydroxylation is 1. The van der Waals surface area contributed by atoms with Gasteiger partial charge in [0.1, 0.15) is 23.4 Å². The lowest BCUT2D eigenvalue weighted by molar-refractivity contribution is -0.133. The van der Waals surface area contributed by atoms with Crippen LogP contribution in [-0.4, -0.2) is 54.8 Å². The van der Waals surface area contributed by atoms with E-state index in [9.17, 15) is 23.1 Å². The maximum atomic E-state index is 15.7. The topological polar surface area (TPSA) is 164 Å². The van der Waals surface area contributed by atoms with Crippen molar-refractivity contribution in [3.8, 4) is 5.75 Å². The molecule has 5 rings (SSSR count). The van der Waals surface area contributed by atoms with E-state index in [-0.39, 0.29) is 28.4 Å². The van der Waals surface area contributed by atoms with E-state index in [0.29, 0.717) is 46.6 Å². The quantitative estimate of drug-likeness (QED) is 0.181. The number of carbonyl (C=O) groups is 2. The summed E-state index contributed by atoms with van der Waals surface area (Å²) < 4.78 is 47.4. The largest absolute Gasteiger partial charge is 0.496 e. The number of ether oxygens (including phenoxy) is 1. The monoisotopic (exact) mass is 635 g/mol. The van der Waals surface area contributed by atoms with Gasteiger partial charge in [0.15, 0.2) is 9.84 Å². The number of amides is 2. The van der Waals surface area contributed by atoms with Crippen molar-refractivity contribution in [2.24, 2.45) is 0 Å². The molecule has 1 fully saturated rings. The number of likely N-dealkylation sites (tertiary alicyclic amines) is 1. The van der Waals surface area contributed by atoms with Crippen LogP contribution in [0.4, 0.5) is 26.4 Å². The van der Waals surface area contributed by atoms with Gasteiger partial charge in [-0.05, 0) is 90.9 Å². The second-order valence-corrected chi connectivity index (χ2v) is 13.1. The van der Waals surface area contributed by atoms with Crippen LogP contribution >= 0.6 is 0 Å². The number of nitrogen functional groups attached to an aromatic ring is 1. The molecule has 13 heteroatoms. The fraction of sp³-hybridized carbons (Fsp3) is 0.281. The number of aromatic nitrogens is 1. The van der Waals surface area contributed by atoms with E-state index < -0.39 is 39.7 Å². The van der Waals surface area contributed by atoms with E-state index in [0.717, 1.165) is 5.39 Å². The molecule has 236 valence electrons. The molecule has 0 saturated carbocycles. The number of sulfone groups is 1. The van der Waals surface area contributed by atoms with Gasteiger partial charge in [-0.25, -0.2) is 22.6 Å². The Bertz CT molecular complexity index is 1900. The second-order valence-electron chi connectivity index (χ2n) is 10.8. The van der Waals surface area contributed by atoms with Gasteiger partial charge in [-0.15, -0.1) is 0 Å². The minimum Gasteiger partial charge on any atom is -0.496 e. The smallest absolute Gasteiger partial charge is 0.409 e. The number of methoxy groups -OCH3 is 1. The van der Waals surface area contributed by atoms with Crippen LogP contribution < -0.4 is 21.1 Å². The molecule has 1 aliphatic rings. The Labute approximate surface area is 260 Å². The van der Waals surface area contributed by atoms with Gasteiger partial charge in [-0.1, -0.05) is 6.92 Å². The summed E-state index contributed by atoms with van der Waals surface area (Å²) in [6.45, 7) is 3.48. The van der Waals surface area contributed by atoms with Crippen LogP contribution in [0.3, 0.4) is 0 Å². The molecule has 11 nitrogen and oxygen atoms in total. The molecule has 2 heterocycles. The Morgan fingerprint density at radius 3 is 2.62 bits per heavy atom. The summed E-state index contributed by atoms with van der Waals surface area (Å²) in [7, 11) is -2.29. The van der Waals surface area contributed by atoms with Gasteiger partial charge in [0.25, 0.3) is 0 Å². The van der Waals surface area contributed by atoms with E-state index in [4.69, 9.17) is 10.5 Å². The molecule has 2 atom stereocenters. The predicted molar refractivity (Wildman–Crippen MR) is 170 cm³/mol. The maximum absolute atomic E-state index is 15.7. The molecule has 3 aromatic carbocycles. The molecule has 1 aliphatic heterocycles. The Balaban J connectivity index is 1.61. The number of anilines is 3. The van der Waals surface area contributed by atoms with E-state index >= 15 is 4.39 Å². The van der Waals surface area contributed by atoms with E-state index in [1.54, 1.807) is 37.4 Å². The molecular formula is C32H34FN5O6S. The predicted octanol–water partition coefficient (Wildman–Crippen LogP) is 5.67. The summed E-state index contributed by atoms with van der Waals surface area (Å²) in [5.74, 6) is -0.560. The van der Waals surface area contributed by atoms with E-state index in [2.05, 4.69) is 15.6 Å². The molecule has 1 saturated heterocycles. The molecule has 0 spiro atoms. The van der Waals surface area contributed by atoms with Gasteiger partial charge < -0.3 is 25.8 Å². The molecule has 0 unspecified atom stereocenters. The third kappa shape index (κ3) is 6.34. The highest BCUT2D eigenvalue weighted by Crippen LogP contribution is 2.40. The van der Waals surface area contributed by atoms with Crippen molar-refractivity contribution < 1.29 is 32.2 Å². The molecule has 5 N–H and O–H groups in total. The van der Waals surface area contributed by atoms with Gasteiger partial charge in [-0.2, -0.15) is 0 Å². The molecule has 45 heavy (non-hydrogen) atoms. The van der Waals surface area contributed by atoms with Crippen molar-refractivity contribution >= 4 is 49.8 Å². The third-order valence-electron chi connectivity index (χ3n) is 8.05. The molecular weight excluding hydrogens is 601 g/mol. The maximum Gasteiger partial charge on any atom is 0.409 e. The van der Waals surface area contributed by atoms with Crippen molar-refractivity contribution in [1.82, 2.24) is 9.88 Å². The van der Waals surface area contributed by atoms with E-state index in [1.807, 2.05) is 0 Å². The standard InChI is InChI=1S/C32H34FN5O6S/c1-4-45(42,43)28-10-8-21(37-32(40)41)16-24(28)26-6-5-13-38(26)31(39)29(23-17-27(44-3)18(2)14-25(23)33)36-20-7-9-22-19(15-20)11-12-35-30(22)34/h7-12,14-17,26,29,36-37H,4-6,13H2,1-3H3,(H2,34,35)(H,40,41)/t26-,29+/m1/s1. The zero-order valence-corrected chi connectivity index (χ0v) is 25.8. The van der Waals surface area contributed by atoms with Gasteiger partial charge in [0.05, 0.1) is 23.8 Å². The summed E-state index contributed by atoms with van der Waals surface area (Å²) in [5, 5.41) is 16.2. The Morgan fingerprint density at radius 2 is 1.91 bits per heavy atom. The number of hydrogen-bond donors (Lipinski definition) is 4. The zero-order valence-electron chi connectivity index (χ0n) is 25.0. The lowest BCUT2D eigenvalue weighted by atomic mass is 9.99. The average molecular weight is 636 g/mol. The zero-order chi connectivity index (χ0) is 32.5. The third-order valence-corrected chi connectivity index (χ3v) is 9.85. The van der Waals surface area contributed by atoms with Gasteiger partial charge in [0.2, 0.25) is 5.91 Å². The number of nitrogens with one attached hydrogen (secondary N) is 2. The second kappa shape index (κ2) is 12.6. The number of hydrogen-bond acceptors (Lipinski definition) is 8. The Kier molecular flexibility index (Phi) is 8.82. The number of benzene rings is 3. The summed E-state index contributed by atoms with van der Waals surface area (Å²) in [6, 6.07) is 12.1. The van der Waals surface area contributed by atoms with Gasteiger partial charge in [-0.3, -0.25) is 10.1 Å². The van der Waals surface area contributed by atoms with Crippen LogP contribution in [0.25, 0.3) is 10.8 Å². The van der Waals surface area contributed by atoms with Crippen LogP contribution in [0.5, 0.6) is 5.75 Å². The number of pyridine rings is 1. The number of rotatable bonds is 9. The summed E-state index contributed by atoms with van der Waals surface area (Å²) in [6.07, 6.45) is 1.22. The van der Waals surface area contributed by atoms with Crippen molar-refractivity contribution in [2.45, 2.75) is 43.7 Å². The average Bonchev–Trinajstić information content (AvgIpc) is 3.50. The normalized spacial score (nSPS) is 15.6. The van der Waals surface area contributed by atoms with Crippen LogP contribution in [0, 0.1) is 12.7 Å². The Morgan fingerprint density at radius 1 is 1.16 bits per heavy atom. The lowest BCUT2D eigenvalue weighted by Gasteiger charge is -2.32. The summed E-state index contributed by atoms with van der Waals surface area (Å²) in [4.78, 5) is 31.6. The van der Waals surface area contributed by atoms with Crippen LogP contribution in [0.2, 0.25) is 0 Å². The van der Waals surface area contributed by atoms with Crippen LogP contribution in [0.15, 0.2) is 65.7 Å². The van der Waals surface area contributed by atoms with Gasteiger partial charge >= 0.3 is 6.09 Å². The van der Waals surface area contributed by atoms with Crippen molar-refractivity contribution in [3.05, 3.63) is 83.3 Å². The van der Waals surface area contributed by atoms with Crippen molar-refractivity contribution in [2.75, 3.05) is 35.8 Å². The minimum absolute atomic E-state index is 0.0130. The van der Waals surface area contributed by atoms with Crippen molar-refractivity contribution in [3.63, 3.8) is 0 Å². The molecule has 2 amide bonds.